The molecule has 1 aromatic heterocycles. The smallest absolute Gasteiger partial charge is 0.256 e. The van der Waals surface area contributed by atoms with E-state index < -0.39 is 0 Å². The van der Waals surface area contributed by atoms with Crippen molar-refractivity contribution in [3.63, 3.8) is 0 Å². The first-order valence-electron chi connectivity index (χ1n) is 8.51. The van der Waals surface area contributed by atoms with E-state index in [1.807, 2.05) is 17.9 Å². The molecule has 2 heterocycles. The summed E-state index contributed by atoms with van der Waals surface area (Å²) < 4.78 is 0. The van der Waals surface area contributed by atoms with E-state index in [9.17, 15) is 4.79 Å². The molecule has 0 radical (unpaired) electrons. The van der Waals surface area contributed by atoms with E-state index in [0.29, 0.717) is 5.56 Å². The van der Waals surface area contributed by atoms with Gasteiger partial charge < -0.3 is 9.80 Å². The normalized spacial score (nSPS) is 21.0. The Labute approximate surface area is 144 Å². The van der Waals surface area contributed by atoms with Crippen molar-refractivity contribution in [2.75, 3.05) is 18.0 Å². The lowest BCUT2D eigenvalue weighted by atomic mass is 10.0. The third-order valence-corrected chi connectivity index (χ3v) is 4.67. The third-order valence-electron chi connectivity index (χ3n) is 4.67. The number of piperazine rings is 1. The fraction of sp³-hybridized carbons (Fsp3) is 0.400. The lowest BCUT2D eigenvalue weighted by Gasteiger charge is -2.45. The zero-order chi connectivity index (χ0) is 17.3. The molecule has 2 unspecified atom stereocenters. The number of carbonyl (C=O) groups is 1. The van der Waals surface area contributed by atoms with Gasteiger partial charge in [0.25, 0.3) is 5.91 Å². The van der Waals surface area contributed by atoms with Crippen molar-refractivity contribution in [3.8, 4) is 0 Å². The van der Waals surface area contributed by atoms with E-state index in [2.05, 4.69) is 54.9 Å². The average Bonchev–Trinajstić information content (AvgIpc) is 2.54. The highest BCUT2D eigenvalue weighted by Gasteiger charge is 2.33. The summed E-state index contributed by atoms with van der Waals surface area (Å²) in [6.45, 7) is 10.0. The second kappa shape index (κ2) is 6.63. The molecule has 1 saturated heterocycles. The van der Waals surface area contributed by atoms with Gasteiger partial charge in [0, 0.05) is 43.3 Å². The van der Waals surface area contributed by atoms with Crippen LogP contribution in [0.25, 0.3) is 0 Å². The third kappa shape index (κ3) is 3.28. The van der Waals surface area contributed by atoms with Gasteiger partial charge >= 0.3 is 0 Å². The minimum absolute atomic E-state index is 0.0785. The zero-order valence-corrected chi connectivity index (χ0v) is 14.9. The van der Waals surface area contributed by atoms with Crippen molar-refractivity contribution in [1.82, 2.24) is 9.88 Å². The molecule has 4 heteroatoms. The maximum absolute atomic E-state index is 12.9. The molecule has 0 spiro atoms. The summed E-state index contributed by atoms with van der Waals surface area (Å²) in [6.07, 6.45) is 3.44. The van der Waals surface area contributed by atoms with Crippen LogP contribution in [0.5, 0.6) is 0 Å². The molecule has 1 aliphatic rings. The Morgan fingerprint density at radius 2 is 1.62 bits per heavy atom. The zero-order valence-electron chi connectivity index (χ0n) is 14.9. The van der Waals surface area contributed by atoms with Crippen LogP contribution in [0.4, 0.5) is 5.69 Å². The monoisotopic (exact) mass is 323 g/mol. The number of pyridine rings is 1. The first kappa shape index (κ1) is 16.5. The standard InChI is InChI=1S/C20H25N3O/c1-14-5-7-19(8-6-14)22-12-16(3)23(17(4)13-22)20(24)18-9-15(2)10-21-11-18/h5-11,16-17H,12-13H2,1-4H3. The molecular formula is C20H25N3O. The Kier molecular flexibility index (Phi) is 4.56. The predicted octanol–water partition coefficient (Wildman–Crippen LogP) is 3.44. The van der Waals surface area contributed by atoms with Crippen LogP contribution >= 0.6 is 0 Å². The maximum Gasteiger partial charge on any atom is 0.256 e. The molecule has 0 bridgehead atoms. The molecule has 1 fully saturated rings. The molecule has 1 amide bonds. The number of rotatable bonds is 2. The first-order valence-corrected chi connectivity index (χ1v) is 8.51. The van der Waals surface area contributed by atoms with Gasteiger partial charge in [-0.1, -0.05) is 17.7 Å². The van der Waals surface area contributed by atoms with Gasteiger partial charge in [-0.3, -0.25) is 9.78 Å². The molecule has 2 atom stereocenters. The van der Waals surface area contributed by atoms with Crippen molar-refractivity contribution in [2.24, 2.45) is 0 Å². The Morgan fingerprint density at radius 3 is 2.21 bits per heavy atom. The molecule has 126 valence electrons. The molecule has 24 heavy (non-hydrogen) atoms. The predicted molar refractivity (Wildman–Crippen MR) is 97.5 cm³/mol. The van der Waals surface area contributed by atoms with Crippen molar-refractivity contribution < 1.29 is 4.79 Å². The number of benzene rings is 1. The Hall–Kier alpha value is -2.36. The number of amides is 1. The molecule has 1 aliphatic heterocycles. The van der Waals surface area contributed by atoms with Crippen molar-refractivity contribution in [3.05, 3.63) is 59.4 Å². The van der Waals surface area contributed by atoms with Crippen LogP contribution in [0, 0.1) is 13.8 Å². The van der Waals surface area contributed by atoms with Crippen LogP contribution in [-0.4, -0.2) is 41.0 Å². The van der Waals surface area contributed by atoms with E-state index >= 15 is 0 Å². The molecular weight excluding hydrogens is 298 g/mol. The summed E-state index contributed by atoms with van der Waals surface area (Å²) in [5.41, 5.74) is 4.18. The molecule has 0 N–H and O–H groups in total. The molecule has 3 rings (SSSR count). The van der Waals surface area contributed by atoms with Gasteiger partial charge in [0.05, 0.1) is 5.56 Å². The van der Waals surface area contributed by atoms with Crippen LogP contribution < -0.4 is 4.90 Å². The summed E-state index contributed by atoms with van der Waals surface area (Å²) >= 11 is 0. The highest BCUT2D eigenvalue weighted by Crippen LogP contribution is 2.24. The molecule has 4 nitrogen and oxygen atoms in total. The van der Waals surface area contributed by atoms with Crippen LogP contribution in [0.2, 0.25) is 0 Å². The van der Waals surface area contributed by atoms with Gasteiger partial charge in [0.2, 0.25) is 0 Å². The summed E-state index contributed by atoms with van der Waals surface area (Å²) in [4.78, 5) is 21.5. The number of aryl methyl sites for hydroxylation is 2. The minimum Gasteiger partial charge on any atom is -0.367 e. The minimum atomic E-state index is 0.0785. The number of hydrogen-bond acceptors (Lipinski definition) is 3. The summed E-state index contributed by atoms with van der Waals surface area (Å²) in [6, 6.07) is 10.8. The Morgan fingerprint density at radius 1 is 1.00 bits per heavy atom. The lowest BCUT2D eigenvalue weighted by molar-refractivity contribution is 0.0574. The quantitative estimate of drug-likeness (QED) is 0.849. The van der Waals surface area contributed by atoms with E-state index in [1.165, 1.54) is 11.3 Å². The second-order valence-corrected chi connectivity index (χ2v) is 6.90. The van der Waals surface area contributed by atoms with Crippen molar-refractivity contribution in [2.45, 2.75) is 39.8 Å². The summed E-state index contributed by atoms with van der Waals surface area (Å²) in [5, 5.41) is 0. The van der Waals surface area contributed by atoms with E-state index in [0.717, 1.165) is 18.7 Å². The largest absolute Gasteiger partial charge is 0.367 e. The number of carbonyl (C=O) groups excluding carboxylic acids is 1. The van der Waals surface area contributed by atoms with Gasteiger partial charge in [0.15, 0.2) is 0 Å². The molecule has 0 aliphatic carbocycles. The highest BCUT2D eigenvalue weighted by atomic mass is 16.2. The fourth-order valence-electron chi connectivity index (χ4n) is 3.51. The second-order valence-electron chi connectivity index (χ2n) is 6.90. The molecule has 0 saturated carbocycles. The van der Waals surface area contributed by atoms with Crippen LogP contribution in [0.1, 0.15) is 35.3 Å². The average molecular weight is 323 g/mol. The Balaban J connectivity index is 1.78. The van der Waals surface area contributed by atoms with E-state index in [4.69, 9.17) is 0 Å². The van der Waals surface area contributed by atoms with Gasteiger partial charge in [-0.15, -0.1) is 0 Å². The number of aromatic nitrogens is 1. The van der Waals surface area contributed by atoms with Crippen LogP contribution in [-0.2, 0) is 0 Å². The lowest BCUT2D eigenvalue weighted by Crippen LogP contribution is -2.58. The van der Waals surface area contributed by atoms with Crippen molar-refractivity contribution >= 4 is 11.6 Å². The number of hydrogen-bond donors (Lipinski definition) is 0. The van der Waals surface area contributed by atoms with Gasteiger partial charge in [-0.25, -0.2) is 0 Å². The first-order chi connectivity index (χ1) is 11.5. The highest BCUT2D eigenvalue weighted by molar-refractivity contribution is 5.94. The topological polar surface area (TPSA) is 36.4 Å². The summed E-state index contributed by atoms with van der Waals surface area (Å²) in [7, 11) is 0. The van der Waals surface area contributed by atoms with Gasteiger partial charge in [-0.2, -0.15) is 0 Å². The van der Waals surface area contributed by atoms with Gasteiger partial charge in [-0.05, 0) is 51.5 Å². The van der Waals surface area contributed by atoms with Crippen LogP contribution in [0.3, 0.4) is 0 Å². The SMILES string of the molecule is Cc1ccc(N2CC(C)N(C(=O)c3cncc(C)c3)C(C)C2)cc1. The molecule has 1 aromatic carbocycles. The van der Waals surface area contributed by atoms with E-state index in [1.54, 1.807) is 12.4 Å². The molecule has 2 aromatic rings. The van der Waals surface area contributed by atoms with Gasteiger partial charge in [0.1, 0.15) is 0 Å². The maximum atomic E-state index is 12.9. The van der Waals surface area contributed by atoms with Crippen LogP contribution in [0.15, 0.2) is 42.7 Å². The number of anilines is 1. The number of nitrogens with zero attached hydrogens (tertiary/aromatic N) is 3. The Bertz CT molecular complexity index is 714. The fourth-order valence-corrected chi connectivity index (χ4v) is 3.51. The summed E-state index contributed by atoms with van der Waals surface area (Å²) in [5.74, 6) is 0.0785. The van der Waals surface area contributed by atoms with Crippen molar-refractivity contribution in [1.29, 1.82) is 0 Å². The van der Waals surface area contributed by atoms with E-state index in [-0.39, 0.29) is 18.0 Å².